The first kappa shape index (κ1) is 27.5. The number of rotatable bonds is 2. The maximum atomic E-state index is 16.0. The molecule has 48 heavy (non-hydrogen) atoms. The number of fused-ring (bicyclic) bond motifs is 9. The minimum absolute atomic E-state index is 0.189. The molecule has 2 aliphatic heterocycles. The van der Waals surface area contributed by atoms with Crippen molar-refractivity contribution in [1.82, 2.24) is 4.57 Å². The average Bonchev–Trinajstić information content (AvgIpc) is 3.52. The molecular weight excluding hydrogens is 595 g/mol. The van der Waals surface area contributed by atoms with E-state index >= 15 is 8.78 Å². The molecule has 1 aromatic heterocycles. The lowest BCUT2D eigenvalue weighted by Gasteiger charge is -2.44. The zero-order chi connectivity index (χ0) is 32.5. The third kappa shape index (κ3) is 3.37. The Kier molecular flexibility index (Phi) is 5.43. The zero-order valence-electron chi connectivity index (χ0n) is 26.8. The number of hydrogen-bond donors (Lipinski definition) is 0. The summed E-state index contributed by atoms with van der Waals surface area (Å²) in [6, 6.07) is 41.9. The number of anilines is 6. The second kappa shape index (κ2) is 9.48. The summed E-state index contributed by atoms with van der Waals surface area (Å²) in [5, 5.41) is 1.06. The highest BCUT2D eigenvalue weighted by molar-refractivity contribution is 7.00. The van der Waals surface area contributed by atoms with Crippen LogP contribution in [0.25, 0.3) is 22.0 Å². The van der Waals surface area contributed by atoms with Gasteiger partial charge in [0.25, 0.3) is 6.71 Å². The van der Waals surface area contributed by atoms with Gasteiger partial charge in [0.1, 0.15) is 11.6 Å². The Morgan fingerprint density at radius 3 is 1.92 bits per heavy atom. The Morgan fingerprint density at radius 2 is 1.17 bits per heavy atom. The second-order valence-corrected chi connectivity index (χ2v) is 13.7. The van der Waals surface area contributed by atoms with Crippen molar-refractivity contribution >= 4 is 68.3 Å². The predicted molar refractivity (Wildman–Crippen MR) is 194 cm³/mol. The molecule has 7 aromatic rings. The van der Waals surface area contributed by atoms with Crippen LogP contribution in [-0.4, -0.2) is 11.3 Å². The third-order valence-electron chi connectivity index (χ3n) is 10.9. The van der Waals surface area contributed by atoms with Crippen LogP contribution in [0.5, 0.6) is 0 Å². The van der Waals surface area contributed by atoms with Gasteiger partial charge < -0.3 is 14.4 Å². The Labute approximate surface area is 278 Å². The van der Waals surface area contributed by atoms with Gasteiger partial charge in [0.2, 0.25) is 0 Å². The zero-order valence-corrected chi connectivity index (χ0v) is 26.8. The van der Waals surface area contributed by atoms with E-state index in [4.69, 9.17) is 0 Å². The van der Waals surface area contributed by atoms with E-state index in [9.17, 15) is 0 Å². The van der Waals surface area contributed by atoms with Gasteiger partial charge in [-0.2, -0.15) is 0 Å². The number of benzene rings is 6. The highest BCUT2D eigenvalue weighted by Gasteiger charge is 2.48. The topological polar surface area (TPSA) is 11.4 Å². The van der Waals surface area contributed by atoms with Crippen LogP contribution < -0.4 is 26.3 Å². The van der Waals surface area contributed by atoms with Crippen molar-refractivity contribution in [2.24, 2.45) is 7.05 Å². The maximum Gasteiger partial charge on any atom is 0.272 e. The molecular formula is C42H30BF2N3. The quantitative estimate of drug-likeness (QED) is 0.178. The van der Waals surface area contributed by atoms with E-state index in [1.54, 1.807) is 12.1 Å². The summed E-state index contributed by atoms with van der Waals surface area (Å²) in [7, 11) is 2.11. The molecule has 0 saturated carbocycles. The summed E-state index contributed by atoms with van der Waals surface area (Å²) in [6.07, 6.45) is 0. The van der Waals surface area contributed by atoms with Gasteiger partial charge in [-0.05, 0) is 81.7 Å². The van der Waals surface area contributed by atoms with Gasteiger partial charge in [0.15, 0.2) is 0 Å². The Balaban J connectivity index is 1.38. The first-order valence-corrected chi connectivity index (χ1v) is 16.4. The number of nitrogens with zero attached hydrogens (tertiary/aromatic N) is 3. The molecule has 230 valence electrons. The third-order valence-corrected chi connectivity index (χ3v) is 10.9. The first-order chi connectivity index (χ1) is 23.4. The predicted octanol–water partition coefficient (Wildman–Crippen LogP) is 8.85. The Bertz CT molecular complexity index is 2510. The van der Waals surface area contributed by atoms with Crippen molar-refractivity contribution in [2.45, 2.75) is 19.3 Å². The molecule has 0 saturated heterocycles. The molecule has 3 nitrogen and oxygen atoms in total. The van der Waals surface area contributed by atoms with Crippen LogP contribution in [0.1, 0.15) is 25.0 Å². The Morgan fingerprint density at radius 1 is 0.562 bits per heavy atom. The molecule has 1 aliphatic carbocycles. The summed E-state index contributed by atoms with van der Waals surface area (Å²) in [4.78, 5) is 4.17. The average molecular weight is 626 g/mol. The molecule has 6 heteroatoms. The SMILES string of the molecule is Cn1c2c(c3ccccc31)N(c1ccccc1F)c1cccc3c1B2c1cc2c(cc1N3c1ccccc1F)C(C)(C)c1ccccc1-2. The molecule has 0 bridgehead atoms. The lowest BCUT2D eigenvalue weighted by Crippen LogP contribution is -2.63. The standard InChI is InChI=1S/C42H30BF2N3/c1-42(2)28-15-6-4-13-25(28)27-23-30-38(24-29(27)42)47(34-19-10-7-16-31(34)44)36-21-12-22-37-39(36)43(30)41-40(26-14-5-9-18-33(26)46(41)3)48(37)35-20-11-8-17-32(35)45/h4-24H,1-3H3. The van der Waals surface area contributed by atoms with Gasteiger partial charge in [0, 0.05) is 46.0 Å². The smallest absolute Gasteiger partial charge is 0.272 e. The monoisotopic (exact) mass is 625 g/mol. The van der Waals surface area contributed by atoms with Crippen molar-refractivity contribution in [3.05, 3.63) is 150 Å². The molecule has 0 radical (unpaired) electrons. The van der Waals surface area contributed by atoms with Crippen LogP contribution in [0.2, 0.25) is 0 Å². The number of halogens is 2. The normalized spacial score (nSPS) is 14.8. The minimum Gasteiger partial charge on any atom is -0.353 e. The fraction of sp³-hybridized carbons (Fsp3) is 0.0952. The van der Waals surface area contributed by atoms with Gasteiger partial charge in [-0.25, -0.2) is 8.78 Å². The van der Waals surface area contributed by atoms with Crippen molar-refractivity contribution in [3.63, 3.8) is 0 Å². The first-order valence-electron chi connectivity index (χ1n) is 16.4. The van der Waals surface area contributed by atoms with Crippen molar-refractivity contribution in [2.75, 3.05) is 9.80 Å². The van der Waals surface area contributed by atoms with E-state index in [1.165, 1.54) is 34.4 Å². The summed E-state index contributed by atoms with van der Waals surface area (Å²) >= 11 is 0. The highest BCUT2D eigenvalue weighted by atomic mass is 19.1. The van der Waals surface area contributed by atoms with Crippen molar-refractivity contribution < 1.29 is 8.78 Å². The van der Waals surface area contributed by atoms with E-state index in [0.29, 0.717) is 11.4 Å². The molecule has 10 rings (SSSR count). The summed E-state index contributed by atoms with van der Waals surface area (Å²) in [6.45, 7) is 4.37. The lowest BCUT2D eigenvalue weighted by atomic mass is 9.34. The van der Waals surface area contributed by atoms with Crippen LogP contribution in [0.15, 0.2) is 127 Å². The second-order valence-electron chi connectivity index (χ2n) is 13.7. The molecule has 0 N–H and O–H groups in total. The van der Waals surface area contributed by atoms with E-state index in [2.05, 4.69) is 108 Å². The largest absolute Gasteiger partial charge is 0.353 e. The molecule has 0 amide bonds. The number of hydrogen-bond acceptors (Lipinski definition) is 2. The summed E-state index contributed by atoms with van der Waals surface area (Å²) in [5.74, 6) is -0.596. The van der Waals surface area contributed by atoms with Crippen LogP contribution >= 0.6 is 0 Å². The molecule has 0 unspecified atom stereocenters. The number of aromatic nitrogens is 1. The molecule has 3 heterocycles. The van der Waals surface area contributed by atoms with Crippen LogP contribution in [-0.2, 0) is 12.5 Å². The fourth-order valence-electron chi connectivity index (χ4n) is 8.83. The van der Waals surface area contributed by atoms with E-state index in [0.717, 1.165) is 50.2 Å². The molecule has 0 fully saturated rings. The lowest BCUT2D eigenvalue weighted by molar-refractivity contribution is 0.628. The van der Waals surface area contributed by atoms with Gasteiger partial charge in [-0.15, -0.1) is 0 Å². The molecule has 6 aromatic carbocycles. The fourth-order valence-corrected chi connectivity index (χ4v) is 8.83. The van der Waals surface area contributed by atoms with Crippen LogP contribution in [0.3, 0.4) is 0 Å². The van der Waals surface area contributed by atoms with Gasteiger partial charge in [-0.3, -0.25) is 0 Å². The Hall–Kier alpha value is -5.62. The van der Waals surface area contributed by atoms with Crippen molar-refractivity contribution in [3.8, 4) is 11.1 Å². The molecule has 3 aliphatic rings. The van der Waals surface area contributed by atoms with E-state index < -0.39 is 0 Å². The van der Waals surface area contributed by atoms with Crippen LogP contribution in [0.4, 0.5) is 42.9 Å². The summed E-state index contributed by atoms with van der Waals surface area (Å²) < 4.78 is 34.3. The van der Waals surface area contributed by atoms with E-state index in [-0.39, 0.29) is 23.8 Å². The van der Waals surface area contributed by atoms with Crippen LogP contribution in [0, 0.1) is 11.6 Å². The maximum absolute atomic E-state index is 16.0. The molecule has 0 spiro atoms. The number of para-hydroxylation sites is 3. The number of aryl methyl sites for hydroxylation is 1. The van der Waals surface area contributed by atoms with E-state index in [1.807, 2.05) is 30.3 Å². The molecule has 0 atom stereocenters. The van der Waals surface area contributed by atoms with Gasteiger partial charge in [-0.1, -0.05) is 92.7 Å². The highest BCUT2D eigenvalue weighted by Crippen LogP contribution is 2.52. The van der Waals surface area contributed by atoms with Gasteiger partial charge >= 0.3 is 0 Å². The minimum atomic E-state index is -0.300. The summed E-state index contributed by atoms with van der Waals surface area (Å²) in [5.41, 5.74) is 13.7. The van der Waals surface area contributed by atoms with Crippen molar-refractivity contribution in [1.29, 1.82) is 0 Å². The van der Waals surface area contributed by atoms with Gasteiger partial charge in [0.05, 0.1) is 17.1 Å².